The summed E-state index contributed by atoms with van der Waals surface area (Å²) in [7, 11) is 0. The van der Waals surface area contributed by atoms with Crippen LogP contribution in [0.5, 0.6) is 0 Å². The molecule has 2 heterocycles. The second-order valence-corrected chi connectivity index (χ2v) is 8.28. The topological polar surface area (TPSA) is 69.2 Å². The minimum atomic E-state index is -0.182. The van der Waals surface area contributed by atoms with Crippen LogP contribution in [-0.4, -0.2) is 73.1 Å². The maximum atomic E-state index is 12.5. The Morgan fingerprint density at radius 3 is 2.85 bits per heavy atom. The lowest BCUT2D eigenvalue weighted by molar-refractivity contribution is -0.114. The van der Waals surface area contributed by atoms with E-state index in [2.05, 4.69) is 55.6 Å². The van der Waals surface area contributed by atoms with Crippen LogP contribution in [0.25, 0.3) is 0 Å². The molecule has 2 saturated heterocycles. The summed E-state index contributed by atoms with van der Waals surface area (Å²) in [4.78, 5) is 21.8. The Kier molecular flexibility index (Phi) is 7.61. The molecule has 2 aliphatic heterocycles. The number of anilines is 1. The number of aliphatic imine (C=N–C) groups is 1. The summed E-state index contributed by atoms with van der Waals surface area (Å²) in [5, 5.41) is 6.20. The normalized spacial score (nSPS) is 20.7. The molecule has 7 nitrogen and oxygen atoms in total. The van der Waals surface area contributed by atoms with Gasteiger partial charge in [0, 0.05) is 44.0 Å². The standard InChI is InChI=1S/C26H31N5O2/c1-3-20-11-8-12-22(15-20)29-25(32)16-28-26(27-4-2)31-18-23-24(19-31)33-14-13-30(23)17-21-9-6-5-7-10-21/h1,5-12,15,23-24H,4,13-14,16-19H2,2H3,(H,27,28)(H,29,32). The number of likely N-dealkylation sites (tertiary alicyclic amines) is 1. The van der Waals surface area contributed by atoms with E-state index in [0.29, 0.717) is 11.7 Å². The number of benzene rings is 2. The fourth-order valence-electron chi connectivity index (χ4n) is 4.41. The number of carbonyl (C=O) groups excluding carboxylic acids is 1. The Labute approximate surface area is 195 Å². The molecule has 2 atom stereocenters. The van der Waals surface area contributed by atoms with Crippen LogP contribution in [0.3, 0.4) is 0 Å². The number of hydrogen-bond donors (Lipinski definition) is 2. The molecule has 2 aromatic carbocycles. The van der Waals surface area contributed by atoms with Gasteiger partial charge >= 0.3 is 0 Å². The largest absolute Gasteiger partial charge is 0.373 e. The highest BCUT2D eigenvalue weighted by atomic mass is 16.5. The van der Waals surface area contributed by atoms with Crippen molar-refractivity contribution in [1.82, 2.24) is 15.1 Å². The van der Waals surface area contributed by atoms with Crippen LogP contribution < -0.4 is 10.6 Å². The molecule has 0 saturated carbocycles. The van der Waals surface area contributed by atoms with E-state index in [-0.39, 0.29) is 18.6 Å². The van der Waals surface area contributed by atoms with Crippen molar-refractivity contribution in [2.24, 2.45) is 4.99 Å². The molecule has 172 valence electrons. The highest BCUT2D eigenvalue weighted by Gasteiger charge is 2.41. The van der Waals surface area contributed by atoms with Crippen molar-refractivity contribution in [3.8, 4) is 12.3 Å². The molecule has 0 aliphatic carbocycles. The van der Waals surface area contributed by atoms with Gasteiger partial charge in [-0.2, -0.15) is 0 Å². The van der Waals surface area contributed by atoms with Crippen molar-refractivity contribution < 1.29 is 9.53 Å². The molecule has 0 aromatic heterocycles. The van der Waals surface area contributed by atoms with Crippen LogP contribution in [0.1, 0.15) is 18.1 Å². The summed E-state index contributed by atoms with van der Waals surface area (Å²) in [5.74, 6) is 3.13. The Morgan fingerprint density at radius 1 is 1.21 bits per heavy atom. The van der Waals surface area contributed by atoms with Crippen molar-refractivity contribution >= 4 is 17.6 Å². The molecule has 2 fully saturated rings. The summed E-state index contributed by atoms with van der Waals surface area (Å²) in [6.07, 6.45) is 5.57. The average molecular weight is 446 g/mol. The molecule has 7 heteroatoms. The lowest BCUT2D eigenvalue weighted by atomic mass is 10.1. The van der Waals surface area contributed by atoms with E-state index in [0.717, 1.165) is 50.9 Å². The van der Waals surface area contributed by atoms with Crippen LogP contribution in [0.15, 0.2) is 59.6 Å². The fraction of sp³-hybridized carbons (Fsp3) is 0.385. The predicted octanol–water partition coefficient (Wildman–Crippen LogP) is 2.16. The number of fused-ring (bicyclic) bond motifs is 1. The summed E-state index contributed by atoms with van der Waals surface area (Å²) in [6, 6.07) is 18.1. The van der Waals surface area contributed by atoms with Gasteiger partial charge < -0.3 is 20.3 Å². The highest BCUT2D eigenvalue weighted by molar-refractivity contribution is 5.94. The number of rotatable bonds is 6. The Hall–Kier alpha value is -3.34. The highest BCUT2D eigenvalue weighted by Crippen LogP contribution is 2.24. The number of morpholine rings is 1. The van der Waals surface area contributed by atoms with Crippen LogP contribution in [0, 0.1) is 12.3 Å². The molecule has 1 amide bonds. The van der Waals surface area contributed by atoms with Crippen molar-refractivity contribution in [3.05, 3.63) is 65.7 Å². The number of guanidine groups is 1. The van der Waals surface area contributed by atoms with E-state index < -0.39 is 0 Å². The maximum Gasteiger partial charge on any atom is 0.246 e. The lowest BCUT2D eigenvalue weighted by Gasteiger charge is -2.36. The smallest absolute Gasteiger partial charge is 0.246 e. The first kappa shape index (κ1) is 22.8. The molecule has 0 spiro atoms. The Bertz CT molecular complexity index is 1020. The van der Waals surface area contributed by atoms with E-state index in [4.69, 9.17) is 11.2 Å². The van der Waals surface area contributed by atoms with Gasteiger partial charge in [-0.05, 0) is 30.7 Å². The maximum absolute atomic E-state index is 12.5. The van der Waals surface area contributed by atoms with E-state index >= 15 is 0 Å². The number of hydrogen-bond acceptors (Lipinski definition) is 4. The van der Waals surface area contributed by atoms with Crippen molar-refractivity contribution in [2.45, 2.75) is 25.6 Å². The van der Waals surface area contributed by atoms with Crippen LogP contribution in [-0.2, 0) is 16.1 Å². The van der Waals surface area contributed by atoms with Crippen LogP contribution >= 0.6 is 0 Å². The molecular weight excluding hydrogens is 414 g/mol. The molecule has 2 aromatic rings. The van der Waals surface area contributed by atoms with Crippen LogP contribution in [0.2, 0.25) is 0 Å². The number of ether oxygens (including phenoxy) is 1. The summed E-state index contributed by atoms with van der Waals surface area (Å²) >= 11 is 0. The summed E-state index contributed by atoms with van der Waals surface area (Å²) in [5.41, 5.74) is 2.71. The average Bonchev–Trinajstić information content (AvgIpc) is 3.28. The van der Waals surface area contributed by atoms with E-state index in [1.165, 1.54) is 5.56 Å². The van der Waals surface area contributed by atoms with Gasteiger partial charge in [-0.1, -0.05) is 42.3 Å². The first-order chi connectivity index (χ1) is 16.2. The third-order valence-corrected chi connectivity index (χ3v) is 5.96. The Morgan fingerprint density at radius 2 is 2.06 bits per heavy atom. The minimum Gasteiger partial charge on any atom is -0.373 e. The first-order valence-electron chi connectivity index (χ1n) is 11.5. The quantitative estimate of drug-likeness (QED) is 0.405. The monoisotopic (exact) mass is 445 g/mol. The molecule has 0 radical (unpaired) electrons. The molecule has 2 aliphatic rings. The first-order valence-corrected chi connectivity index (χ1v) is 11.5. The van der Waals surface area contributed by atoms with Gasteiger partial charge in [-0.25, -0.2) is 4.99 Å². The minimum absolute atomic E-state index is 0.0308. The predicted molar refractivity (Wildman–Crippen MR) is 131 cm³/mol. The van der Waals surface area contributed by atoms with Gasteiger partial charge in [-0.15, -0.1) is 6.42 Å². The van der Waals surface area contributed by atoms with Gasteiger partial charge in [0.1, 0.15) is 6.54 Å². The molecular formula is C26H31N5O2. The van der Waals surface area contributed by atoms with Gasteiger partial charge in [0.2, 0.25) is 5.91 Å². The van der Waals surface area contributed by atoms with Gasteiger partial charge in [0.05, 0.1) is 18.8 Å². The number of amides is 1. The number of nitrogens with one attached hydrogen (secondary N) is 2. The zero-order valence-electron chi connectivity index (χ0n) is 19.0. The number of carbonyl (C=O) groups is 1. The lowest BCUT2D eigenvalue weighted by Crippen LogP contribution is -2.50. The molecule has 2 unspecified atom stereocenters. The SMILES string of the molecule is C#Cc1cccc(NC(=O)CN=C(NCC)N2CC3OCCN(Cc4ccccc4)C3C2)c1. The van der Waals surface area contributed by atoms with Gasteiger partial charge in [-0.3, -0.25) is 9.69 Å². The second-order valence-electron chi connectivity index (χ2n) is 8.28. The zero-order valence-corrected chi connectivity index (χ0v) is 19.0. The zero-order chi connectivity index (χ0) is 23.0. The summed E-state index contributed by atoms with van der Waals surface area (Å²) in [6.45, 7) is 6.91. The number of terminal acetylenes is 1. The van der Waals surface area contributed by atoms with Crippen molar-refractivity contribution in [2.75, 3.05) is 44.6 Å². The van der Waals surface area contributed by atoms with E-state index in [1.807, 2.05) is 31.2 Å². The van der Waals surface area contributed by atoms with Crippen LogP contribution in [0.4, 0.5) is 5.69 Å². The van der Waals surface area contributed by atoms with E-state index in [1.54, 1.807) is 6.07 Å². The third-order valence-electron chi connectivity index (χ3n) is 5.96. The molecule has 4 rings (SSSR count). The molecule has 2 N–H and O–H groups in total. The van der Waals surface area contributed by atoms with Gasteiger partial charge in [0.15, 0.2) is 5.96 Å². The summed E-state index contributed by atoms with van der Waals surface area (Å²) < 4.78 is 6.09. The van der Waals surface area contributed by atoms with E-state index in [9.17, 15) is 4.79 Å². The van der Waals surface area contributed by atoms with Gasteiger partial charge in [0.25, 0.3) is 0 Å². The van der Waals surface area contributed by atoms with Crippen molar-refractivity contribution in [3.63, 3.8) is 0 Å². The Balaban J connectivity index is 1.39. The molecule has 0 bridgehead atoms. The second kappa shape index (κ2) is 11.0. The third kappa shape index (κ3) is 5.92. The number of nitrogens with zero attached hydrogens (tertiary/aromatic N) is 3. The molecule has 33 heavy (non-hydrogen) atoms. The fourth-order valence-corrected chi connectivity index (χ4v) is 4.41. The van der Waals surface area contributed by atoms with Crippen molar-refractivity contribution in [1.29, 1.82) is 0 Å².